The fraction of sp³-hybridized carbons (Fsp3) is 0.118. The summed E-state index contributed by atoms with van der Waals surface area (Å²) in [5.74, 6) is 1.44. The maximum Gasteiger partial charge on any atom is 0.216 e. The highest BCUT2D eigenvalue weighted by Crippen LogP contribution is 2.20. The van der Waals surface area contributed by atoms with Crippen LogP contribution in [0.1, 0.15) is 11.1 Å². The van der Waals surface area contributed by atoms with E-state index in [9.17, 15) is 0 Å². The smallest absolute Gasteiger partial charge is 0.216 e. The third-order valence-corrected chi connectivity index (χ3v) is 3.66. The van der Waals surface area contributed by atoms with Gasteiger partial charge in [-0.15, -0.1) is 0 Å². The largest absolute Gasteiger partial charge is 0.497 e. The van der Waals surface area contributed by atoms with Crippen molar-refractivity contribution in [3.8, 4) is 17.1 Å². The summed E-state index contributed by atoms with van der Waals surface area (Å²) in [7, 11) is 1.64. The second-order valence-electron chi connectivity index (χ2n) is 5.05. The van der Waals surface area contributed by atoms with Gasteiger partial charge in [0.2, 0.25) is 4.77 Å². The summed E-state index contributed by atoms with van der Waals surface area (Å²) in [5.41, 5.74) is 3.11. The van der Waals surface area contributed by atoms with Gasteiger partial charge in [-0.3, -0.25) is 0 Å². The van der Waals surface area contributed by atoms with Crippen molar-refractivity contribution in [2.45, 2.75) is 6.92 Å². The number of aromatic nitrogens is 3. The van der Waals surface area contributed by atoms with Crippen LogP contribution in [0.25, 0.3) is 11.4 Å². The van der Waals surface area contributed by atoms with Crippen LogP contribution in [0.5, 0.6) is 5.75 Å². The first kappa shape index (κ1) is 15.2. The van der Waals surface area contributed by atoms with Crippen LogP contribution in [0.15, 0.2) is 53.6 Å². The lowest BCUT2D eigenvalue weighted by Gasteiger charge is -2.03. The summed E-state index contributed by atoms with van der Waals surface area (Å²) in [6.07, 6.45) is 1.76. The van der Waals surface area contributed by atoms with Crippen molar-refractivity contribution in [3.63, 3.8) is 0 Å². The minimum absolute atomic E-state index is 0.444. The molecule has 0 spiro atoms. The van der Waals surface area contributed by atoms with Crippen LogP contribution in [0, 0.1) is 11.7 Å². The van der Waals surface area contributed by atoms with Crippen LogP contribution < -0.4 is 4.74 Å². The molecule has 1 heterocycles. The van der Waals surface area contributed by atoms with E-state index in [4.69, 9.17) is 17.0 Å². The number of nitrogens with one attached hydrogen (secondary N) is 1. The summed E-state index contributed by atoms with van der Waals surface area (Å²) in [5, 5.41) is 11.5. The average molecular weight is 324 g/mol. The number of H-pyrrole nitrogens is 1. The van der Waals surface area contributed by atoms with Crippen LogP contribution in [0.4, 0.5) is 0 Å². The van der Waals surface area contributed by atoms with E-state index in [-0.39, 0.29) is 0 Å². The van der Waals surface area contributed by atoms with Gasteiger partial charge in [-0.2, -0.15) is 14.9 Å². The van der Waals surface area contributed by atoms with Gasteiger partial charge >= 0.3 is 0 Å². The van der Waals surface area contributed by atoms with E-state index >= 15 is 0 Å². The molecule has 0 aliphatic rings. The first-order valence-corrected chi connectivity index (χ1v) is 7.51. The Hall–Kier alpha value is -2.73. The maximum absolute atomic E-state index is 5.26. The molecule has 0 radical (unpaired) electrons. The highest BCUT2D eigenvalue weighted by atomic mass is 32.1. The Morgan fingerprint density at radius 1 is 1.13 bits per heavy atom. The first-order chi connectivity index (χ1) is 11.2. The Morgan fingerprint density at radius 2 is 1.83 bits per heavy atom. The van der Waals surface area contributed by atoms with Crippen molar-refractivity contribution in [1.82, 2.24) is 14.9 Å². The highest BCUT2D eigenvalue weighted by molar-refractivity contribution is 7.71. The van der Waals surface area contributed by atoms with E-state index in [2.05, 4.69) is 22.2 Å². The number of rotatable bonds is 4. The molecular formula is C17H16N4OS. The molecule has 1 N–H and O–H groups in total. The molecule has 0 aliphatic heterocycles. The molecule has 0 saturated heterocycles. The molecule has 0 atom stereocenters. The van der Waals surface area contributed by atoms with Crippen LogP contribution in [-0.4, -0.2) is 28.2 Å². The van der Waals surface area contributed by atoms with E-state index in [0.29, 0.717) is 10.6 Å². The molecule has 116 valence electrons. The van der Waals surface area contributed by atoms with Gasteiger partial charge in [0, 0.05) is 5.56 Å². The lowest BCUT2D eigenvalue weighted by Crippen LogP contribution is -1.95. The van der Waals surface area contributed by atoms with Crippen molar-refractivity contribution < 1.29 is 4.74 Å². The summed E-state index contributed by atoms with van der Waals surface area (Å²) in [4.78, 5) is 0. The SMILES string of the molecule is COc1ccc(-c2n[nH]c(=S)n2/N=C/c2ccc(C)cc2)cc1. The Balaban J connectivity index is 1.95. The number of methoxy groups -OCH3 is 1. The Bertz CT molecular complexity index is 876. The van der Waals surface area contributed by atoms with Gasteiger partial charge in [-0.05, 0) is 49.0 Å². The lowest BCUT2D eigenvalue weighted by atomic mass is 10.2. The molecule has 0 saturated carbocycles. The van der Waals surface area contributed by atoms with Crippen LogP contribution >= 0.6 is 12.2 Å². The number of aryl methyl sites for hydroxylation is 1. The fourth-order valence-corrected chi connectivity index (χ4v) is 2.28. The zero-order chi connectivity index (χ0) is 16.2. The Labute approximate surface area is 139 Å². The van der Waals surface area contributed by atoms with E-state index in [1.807, 2.05) is 48.5 Å². The molecule has 23 heavy (non-hydrogen) atoms. The van der Waals surface area contributed by atoms with Gasteiger partial charge in [-0.25, -0.2) is 5.10 Å². The number of ether oxygens (including phenoxy) is 1. The number of nitrogens with zero attached hydrogens (tertiary/aromatic N) is 3. The van der Waals surface area contributed by atoms with E-state index < -0.39 is 0 Å². The molecular weight excluding hydrogens is 308 g/mol. The fourth-order valence-electron chi connectivity index (χ4n) is 2.10. The average Bonchev–Trinajstić information content (AvgIpc) is 2.95. The summed E-state index contributed by atoms with van der Waals surface area (Å²) in [6.45, 7) is 2.05. The molecule has 0 fully saturated rings. The molecule has 0 amide bonds. The molecule has 0 unspecified atom stereocenters. The normalized spacial score (nSPS) is 11.0. The minimum Gasteiger partial charge on any atom is -0.497 e. The van der Waals surface area contributed by atoms with E-state index in [1.165, 1.54) is 5.56 Å². The van der Waals surface area contributed by atoms with Crippen LogP contribution in [-0.2, 0) is 0 Å². The third kappa shape index (κ3) is 3.37. The van der Waals surface area contributed by atoms with E-state index in [0.717, 1.165) is 16.9 Å². The molecule has 2 aromatic carbocycles. The van der Waals surface area contributed by atoms with Crippen molar-refractivity contribution >= 4 is 18.4 Å². The van der Waals surface area contributed by atoms with Crippen LogP contribution in [0.2, 0.25) is 0 Å². The topological polar surface area (TPSA) is 55.2 Å². The Kier molecular flexibility index (Phi) is 4.34. The van der Waals surface area contributed by atoms with Gasteiger partial charge in [-0.1, -0.05) is 29.8 Å². The van der Waals surface area contributed by atoms with Crippen molar-refractivity contribution in [2.24, 2.45) is 5.10 Å². The summed E-state index contributed by atoms with van der Waals surface area (Å²) in [6, 6.07) is 15.7. The quantitative estimate of drug-likeness (QED) is 0.586. The second kappa shape index (κ2) is 6.58. The lowest BCUT2D eigenvalue weighted by molar-refractivity contribution is 0.415. The zero-order valence-corrected chi connectivity index (χ0v) is 13.7. The summed E-state index contributed by atoms with van der Waals surface area (Å²) < 4.78 is 7.22. The Morgan fingerprint density at radius 3 is 2.48 bits per heavy atom. The first-order valence-electron chi connectivity index (χ1n) is 7.10. The van der Waals surface area contributed by atoms with Crippen molar-refractivity contribution in [2.75, 3.05) is 7.11 Å². The summed E-state index contributed by atoms with van der Waals surface area (Å²) >= 11 is 5.26. The molecule has 0 bridgehead atoms. The van der Waals surface area contributed by atoms with E-state index in [1.54, 1.807) is 18.0 Å². The highest BCUT2D eigenvalue weighted by Gasteiger charge is 2.08. The van der Waals surface area contributed by atoms with Crippen molar-refractivity contribution in [3.05, 3.63) is 64.4 Å². The van der Waals surface area contributed by atoms with Gasteiger partial charge in [0.1, 0.15) is 5.75 Å². The van der Waals surface area contributed by atoms with Gasteiger partial charge < -0.3 is 4.74 Å². The molecule has 1 aromatic heterocycles. The number of hydrogen-bond acceptors (Lipinski definition) is 4. The predicted octanol–water partition coefficient (Wildman–Crippen LogP) is 3.81. The molecule has 5 nitrogen and oxygen atoms in total. The standard InChI is InChI=1S/C17H16N4OS/c1-12-3-5-13(6-4-12)11-18-21-16(19-20-17(21)23)14-7-9-15(22-2)10-8-14/h3-11H,1-2H3,(H,20,23)/b18-11+. The maximum atomic E-state index is 5.26. The minimum atomic E-state index is 0.444. The molecule has 3 aromatic rings. The monoisotopic (exact) mass is 324 g/mol. The molecule has 6 heteroatoms. The van der Waals surface area contributed by atoms with Crippen LogP contribution in [0.3, 0.4) is 0 Å². The number of aromatic amines is 1. The van der Waals surface area contributed by atoms with Gasteiger partial charge in [0.25, 0.3) is 0 Å². The zero-order valence-electron chi connectivity index (χ0n) is 12.9. The van der Waals surface area contributed by atoms with Gasteiger partial charge in [0.05, 0.1) is 13.3 Å². The number of hydrogen-bond donors (Lipinski definition) is 1. The third-order valence-electron chi connectivity index (χ3n) is 3.40. The molecule has 3 rings (SSSR count). The second-order valence-corrected chi connectivity index (χ2v) is 5.43. The van der Waals surface area contributed by atoms with Crippen molar-refractivity contribution in [1.29, 1.82) is 0 Å². The molecule has 0 aliphatic carbocycles. The predicted molar refractivity (Wildman–Crippen MR) is 93.6 cm³/mol. The number of benzene rings is 2. The van der Waals surface area contributed by atoms with Gasteiger partial charge in [0.15, 0.2) is 5.82 Å².